The predicted octanol–water partition coefficient (Wildman–Crippen LogP) is 4.17. The number of oxazole rings is 1. The van der Waals surface area contributed by atoms with Gasteiger partial charge in [0.1, 0.15) is 5.78 Å². The number of anilines is 1. The number of rotatable bonds is 8. The van der Waals surface area contributed by atoms with Crippen LogP contribution in [0.2, 0.25) is 0 Å². The van der Waals surface area contributed by atoms with Crippen LogP contribution < -0.4 is 5.32 Å². The lowest BCUT2D eigenvalue weighted by Gasteiger charge is -2.03. The number of nitrogens with one attached hydrogen (secondary N) is 1. The molecule has 1 N–H and O–H groups in total. The van der Waals surface area contributed by atoms with Crippen molar-refractivity contribution in [3.05, 3.63) is 53.7 Å². The van der Waals surface area contributed by atoms with E-state index in [1.54, 1.807) is 30.8 Å². The van der Waals surface area contributed by atoms with Crippen molar-refractivity contribution in [2.24, 2.45) is 0 Å². The Labute approximate surface area is 163 Å². The van der Waals surface area contributed by atoms with Crippen LogP contribution in [0.1, 0.15) is 48.1 Å². The molecule has 0 saturated carbocycles. The molecule has 7 heteroatoms. The van der Waals surface area contributed by atoms with Crippen molar-refractivity contribution in [1.29, 1.82) is 0 Å². The van der Waals surface area contributed by atoms with Crippen LogP contribution in [0.4, 0.5) is 5.82 Å². The highest BCUT2D eigenvalue weighted by Crippen LogP contribution is 2.26. The number of Topliss-reactive ketones (excluding diaryl/α,β-unsaturated/α-hetero) is 1. The molecule has 3 aromatic rings. The van der Waals surface area contributed by atoms with Gasteiger partial charge in [0.15, 0.2) is 23.2 Å². The Kier molecular flexibility index (Phi) is 6.03. The van der Waals surface area contributed by atoms with E-state index >= 15 is 0 Å². The highest BCUT2D eigenvalue weighted by Gasteiger charge is 2.21. The lowest BCUT2D eigenvalue weighted by molar-refractivity contribution is -0.117. The van der Waals surface area contributed by atoms with E-state index in [1.807, 2.05) is 31.2 Å². The van der Waals surface area contributed by atoms with Crippen molar-refractivity contribution in [2.75, 3.05) is 5.32 Å². The van der Waals surface area contributed by atoms with Gasteiger partial charge >= 0.3 is 0 Å². The van der Waals surface area contributed by atoms with Crippen molar-refractivity contribution in [1.82, 2.24) is 14.8 Å². The number of carbonyl (C=O) groups excluding carboxylic acids is 2. The first kappa shape index (κ1) is 19.5. The molecule has 0 aliphatic rings. The first-order valence-electron chi connectivity index (χ1n) is 9.31. The van der Waals surface area contributed by atoms with Crippen molar-refractivity contribution < 1.29 is 14.0 Å². The third kappa shape index (κ3) is 4.94. The maximum atomic E-state index is 12.7. The predicted molar refractivity (Wildman–Crippen MR) is 106 cm³/mol. The standard InChI is InChI=1S/C21H24N4O3/c1-14-7-6-9-17(13-14)20-19(22-16(3)28-20)21(27)23-18-10-12-25(24-18)11-5-4-8-15(2)26/h6-7,9-10,12-13H,4-5,8,11H2,1-3H3,(H,23,24,27). The Morgan fingerprint density at radius 1 is 1.18 bits per heavy atom. The molecule has 0 atom stereocenters. The van der Waals surface area contributed by atoms with Crippen LogP contribution in [-0.4, -0.2) is 26.5 Å². The topological polar surface area (TPSA) is 90.0 Å². The molecule has 3 rings (SSSR count). The Morgan fingerprint density at radius 2 is 2.00 bits per heavy atom. The summed E-state index contributed by atoms with van der Waals surface area (Å²) in [6, 6.07) is 9.47. The molecular formula is C21H24N4O3. The normalized spacial score (nSPS) is 10.8. The minimum absolute atomic E-state index is 0.195. The van der Waals surface area contributed by atoms with Gasteiger partial charge in [0.25, 0.3) is 5.91 Å². The Bertz CT molecular complexity index is 987. The maximum absolute atomic E-state index is 12.7. The van der Waals surface area contributed by atoms with Gasteiger partial charge in [-0.3, -0.25) is 9.48 Å². The molecule has 0 spiro atoms. The van der Waals surface area contributed by atoms with E-state index in [-0.39, 0.29) is 17.4 Å². The van der Waals surface area contributed by atoms with Gasteiger partial charge in [-0.2, -0.15) is 5.10 Å². The van der Waals surface area contributed by atoms with Crippen LogP contribution in [-0.2, 0) is 11.3 Å². The largest absolute Gasteiger partial charge is 0.440 e. The molecule has 0 aliphatic carbocycles. The van der Waals surface area contributed by atoms with Gasteiger partial charge in [-0.05, 0) is 32.8 Å². The summed E-state index contributed by atoms with van der Waals surface area (Å²) in [5.74, 6) is 1.16. The summed E-state index contributed by atoms with van der Waals surface area (Å²) in [5.41, 5.74) is 2.11. The number of benzene rings is 1. The molecule has 28 heavy (non-hydrogen) atoms. The zero-order chi connectivity index (χ0) is 20.1. The van der Waals surface area contributed by atoms with Gasteiger partial charge in [-0.25, -0.2) is 4.98 Å². The molecule has 0 saturated heterocycles. The summed E-state index contributed by atoms with van der Waals surface area (Å²) in [5, 5.41) is 7.13. The molecule has 0 fully saturated rings. The third-order valence-electron chi connectivity index (χ3n) is 4.28. The van der Waals surface area contributed by atoms with Crippen molar-refractivity contribution >= 4 is 17.5 Å². The minimum Gasteiger partial charge on any atom is -0.440 e. The molecule has 0 bridgehead atoms. The molecule has 0 unspecified atom stereocenters. The van der Waals surface area contributed by atoms with E-state index in [0.717, 1.165) is 24.0 Å². The number of aromatic nitrogens is 3. The summed E-state index contributed by atoms with van der Waals surface area (Å²) in [6.07, 6.45) is 4.07. The lowest BCUT2D eigenvalue weighted by atomic mass is 10.1. The van der Waals surface area contributed by atoms with Crippen LogP contribution in [0.3, 0.4) is 0 Å². The highest BCUT2D eigenvalue weighted by atomic mass is 16.4. The fourth-order valence-electron chi connectivity index (χ4n) is 2.94. The van der Waals surface area contributed by atoms with E-state index < -0.39 is 0 Å². The number of ketones is 1. The van der Waals surface area contributed by atoms with Crippen molar-refractivity contribution in [3.63, 3.8) is 0 Å². The molecule has 7 nitrogen and oxygen atoms in total. The number of nitrogens with zero attached hydrogens (tertiary/aromatic N) is 3. The van der Waals surface area contributed by atoms with Crippen molar-refractivity contribution in [2.45, 2.75) is 46.6 Å². The number of hydrogen-bond donors (Lipinski definition) is 1. The number of hydrogen-bond acceptors (Lipinski definition) is 5. The number of carbonyl (C=O) groups is 2. The Balaban J connectivity index is 1.68. The van der Waals surface area contributed by atoms with E-state index in [4.69, 9.17) is 4.42 Å². The molecule has 2 heterocycles. The van der Waals surface area contributed by atoms with Crippen LogP contribution in [0, 0.1) is 13.8 Å². The average molecular weight is 380 g/mol. The van der Waals surface area contributed by atoms with Gasteiger partial charge in [0.05, 0.1) is 0 Å². The van der Waals surface area contributed by atoms with E-state index in [9.17, 15) is 9.59 Å². The SMILES string of the molecule is CC(=O)CCCCn1ccc(NC(=O)c2nc(C)oc2-c2cccc(C)c2)n1. The fourth-order valence-corrected chi connectivity index (χ4v) is 2.94. The molecule has 2 aromatic heterocycles. The van der Waals surface area contributed by atoms with E-state index in [1.165, 1.54) is 0 Å². The summed E-state index contributed by atoms with van der Waals surface area (Å²) < 4.78 is 7.43. The monoisotopic (exact) mass is 380 g/mol. The van der Waals surface area contributed by atoms with Crippen LogP contribution in [0.15, 0.2) is 40.9 Å². The number of aryl methyl sites for hydroxylation is 3. The smallest absolute Gasteiger partial charge is 0.279 e. The number of amides is 1. The zero-order valence-electron chi connectivity index (χ0n) is 16.4. The first-order chi connectivity index (χ1) is 13.4. The van der Waals surface area contributed by atoms with E-state index in [0.29, 0.717) is 30.4 Å². The van der Waals surface area contributed by atoms with Crippen LogP contribution in [0.25, 0.3) is 11.3 Å². The quantitative estimate of drug-likeness (QED) is 0.593. The first-order valence-corrected chi connectivity index (χ1v) is 9.31. The molecule has 1 amide bonds. The maximum Gasteiger partial charge on any atom is 0.279 e. The molecular weight excluding hydrogens is 356 g/mol. The van der Waals surface area contributed by atoms with Gasteiger partial charge in [0.2, 0.25) is 0 Å². The summed E-state index contributed by atoms with van der Waals surface area (Å²) >= 11 is 0. The Hall–Kier alpha value is -3.22. The molecule has 0 aliphatic heterocycles. The molecule has 0 radical (unpaired) electrons. The lowest BCUT2D eigenvalue weighted by Crippen LogP contribution is -2.14. The second-order valence-electron chi connectivity index (χ2n) is 6.86. The van der Waals surface area contributed by atoms with Gasteiger partial charge < -0.3 is 14.5 Å². The summed E-state index contributed by atoms with van der Waals surface area (Å²) in [4.78, 5) is 28.0. The highest BCUT2D eigenvalue weighted by molar-refractivity contribution is 6.06. The second-order valence-corrected chi connectivity index (χ2v) is 6.86. The zero-order valence-corrected chi connectivity index (χ0v) is 16.4. The Morgan fingerprint density at radius 3 is 2.75 bits per heavy atom. The second kappa shape index (κ2) is 8.65. The fraction of sp³-hybridized carbons (Fsp3) is 0.333. The molecule has 146 valence electrons. The van der Waals surface area contributed by atoms with Gasteiger partial charge in [-0.1, -0.05) is 23.8 Å². The van der Waals surface area contributed by atoms with E-state index in [2.05, 4.69) is 15.4 Å². The number of unbranched alkanes of at least 4 members (excludes halogenated alkanes) is 1. The summed E-state index contributed by atoms with van der Waals surface area (Å²) in [6.45, 7) is 5.99. The van der Waals surface area contributed by atoms with Gasteiger partial charge in [-0.15, -0.1) is 0 Å². The third-order valence-corrected chi connectivity index (χ3v) is 4.28. The average Bonchev–Trinajstić information content (AvgIpc) is 3.25. The van der Waals surface area contributed by atoms with Gasteiger partial charge in [0, 0.05) is 37.7 Å². The summed E-state index contributed by atoms with van der Waals surface area (Å²) in [7, 11) is 0. The van der Waals surface area contributed by atoms with Crippen molar-refractivity contribution in [3.8, 4) is 11.3 Å². The minimum atomic E-state index is -0.366. The molecule has 1 aromatic carbocycles. The van der Waals surface area contributed by atoms with Crippen LogP contribution >= 0.6 is 0 Å². The van der Waals surface area contributed by atoms with Crippen LogP contribution in [0.5, 0.6) is 0 Å².